The van der Waals surface area contributed by atoms with E-state index in [0.29, 0.717) is 17.9 Å². The monoisotopic (exact) mass is 191 g/mol. The molecule has 0 spiro atoms. The summed E-state index contributed by atoms with van der Waals surface area (Å²) in [5.74, 6) is 0. The molecule has 0 saturated heterocycles. The zero-order valence-electron chi connectivity index (χ0n) is 8.28. The molecule has 0 fully saturated rings. The molecule has 0 aliphatic rings. The smallest absolute Gasteiger partial charge is 0.163 e. The zero-order chi connectivity index (χ0) is 10.6. The molecule has 4 heteroatoms. The Labute approximate surface area is 83.2 Å². The second-order valence-electron chi connectivity index (χ2n) is 3.68. The highest BCUT2D eigenvalue weighted by Crippen LogP contribution is 2.12. The topological polar surface area (TPSA) is 68.9 Å². The summed E-state index contributed by atoms with van der Waals surface area (Å²) in [6.45, 7) is 3.78. The molecule has 1 aromatic rings. The molecule has 0 aliphatic carbocycles. The van der Waals surface area contributed by atoms with E-state index in [4.69, 9.17) is 5.26 Å². The summed E-state index contributed by atoms with van der Waals surface area (Å²) in [7, 11) is 0. The van der Waals surface area contributed by atoms with Gasteiger partial charge in [-0.1, -0.05) is 0 Å². The fourth-order valence-corrected chi connectivity index (χ4v) is 0.949. The lowest BCUT2D eigenvalue weighted by Crippen LogP contribution is -2.29. The van der Waals surface area contributed by atoms with E-state index in [1.165, 1.54) is 0 Å². The van der Waals surface area contributed by atoms with Gasteiger partial charge < -0.3 is 10.4 Å². The largest absolute Gasteiger partial charge is 0.389 e. The Morgan fingerprint density at radius 1 is 1.64 bits per heavy atom. The van der Waals surface area contributed by atoms with Crippen LogP contribution in [0.25, 0.3) is 0 Å². The summed E-state index contributed by atoms with van der Waals surface area (Å²) in [5, 5.41) is 21.2. The number of nitriles is 1. The number of hydrogen-bond donors (Lipinski definition) is 2. The molecular formula is C10H13N3O. The Morgan fingerprint density at radius 3 is 2.93 bits per heavy atom. The Kier molecular flexibility index (Phi) is 3.05. The van der Waals surface area contributed by atoms with E-state index in [1.807, 2.05) is 6.07 Å². The quantitative estimate of drug-likeness (QED) is 0.751. The lowest BCUT2D eigenvalue weighted by Gasteiger charge is -2.18. The lowest BCUT2D eigenvalue weighted by atomic mass is 10.1. The van der Waals surface area contributed by atoms with Crippen molar-refractivity contribution >= 4 is 5.69 Å². The van der Waals surface area contributed by atoms with Gasteiger partial charge in [-0.25, -0.2) is 4.98 Å². The molecule has 74 valence electrons. The number of nitrogens with zero attached hydrogens (tertiary/aromatic N) is 2. The maximum atomic E-state index is 9.48. The highest BCUT2D eigenvalue weighted by molar-refractivity contribution is 5.53. The van der Waals surface area contributed by atoms with Gasteiger partial charge >= 0.3 is 0 Å². The van der Waals surface area contributed by atoms with Crippen LogP contribution in [0.5, 0.6) is 0 Å². The van der Waals surface area contributed by atoms with Crippen molar-refractivity contribution in [2.45, 2.75) is 19.4 Å². The Hall–Kier alpha value is -1.60. The van der Waals surface area contributed by atoms with Crippen molar-refractivity contribution in [1.82, 2.24) is 4.98 Å². The minimum atomic E-state index is -0.803. The first kappa shape index (κ1) is 10.5. The molecule has 2 N–H and O–H groups in total. The van der Waals surface area contributed by atoms with Crippen LogP contribution >= 0.6 is 0 Å². The van der Waals surface area contributed by atoms with Crippen LogP contribution in [0, 0.1) is 11.3 Å². The van der Waals surface area contributed by atoms with Crippen molar-refractivity contribution in [3.05, 3.63) is 24.0 Å². The number of aliphatic hydroxyl groups is 1. The summed E-state index contributed by atoms with van der Waals surface area (Å²) in [5.41, 5.74) is 0.191. The van der Waals surface area contributed by atoms with Crippen molar-refractivity contribution in [3.8, 4) is 6.07 Å². The number of hydrogen-bond acceptors (Lipinski definition) is 4. The molecular weight excluding hydrogens is 178 g/mol. The molecule has 0 saturated carbocycles. The van der Waals surface area contributed by atoms with Gasteiger partial charge in [0.2, 0.25) is 0 Å². The number of nitrogens with one attached hydrogen (secondary N) is 1. The van der Waals surface area contributed by atoms with Crippen molar-refractivity contribution in [1.29, 1.82) is 5.26 Å². The maximum Gasteiger partial charge on any atom is 0.163 e. The minimum absolute atomic E-state index is 0.344. The number of aromatic nitrogens is 1. The molecule has 14 heavy (non-hydrogen) atoms. The average Bonchev–Trinajstić information content (AvgIpc) is 2.14. The molecule has 1 aromatic heterocycles. The molecule has 0 atom stereocenters. The molecule has 0 aromatic carbocycles. The standard InChI is InChI=1S/C10H13N3O/c1-10(2,14)7-13-8-4-3-5-12-9(8)6-11/h3-5,13-14H,7H2,1-2H3. The molecule has 4 nitrogen and oxygen atoms in total. The van der Waals surface area contributed by atoms with Gasteiger partial charge in [-0.15, -0.1) is 0 Å². The molecule has 1 rings (SSSR count). The van der Waals surface area contributed by atoms with Gasteiger partial charge in [-0.2, -0.15) is 5.26 Å². The van der Waals surface area contributed by atoms with E-state index in [1.54, 1.807) is 32.2 Å². The number of anilines is 1. The summed E-state index contributed by atoms with van der Waals surface area (Å²) in [6.07, 6.45) is 1.56. The van der Waals surface area contributed by atoms with E-state index in [9.17, 15) is 5.11 Å². The molecule has 0 bridgehead atoms. The number of pyridine rings is 1. The van der Waals surface area contributed by atoms with Crippen LogP contribution in [-0.4, -0.2) is 22.2 Å². The van der Waals surface area contributed by atoms with Gasteiger partial charge in [0.05, 0.1) is 11.3 Å². The summed E-state index contributed by atoms with van der Waals surface area (Å²) < 4.78 is 0. The molecule has 0 unspecified atom stereocenters. The van der Waals surface area contributed by atoms with Gasteiger partial charge in [0.25, 0.3) is 0 Å². The van der Waals surface area contributed by atoms with Gasteiger partial charge in [-0.05, 0) is 26.0 Å². The zero-order valence-corrected chi connectivity index (χ0v) is 8.28. The second kappa shape index (κ2) is 4.07. The van der Waals surface area contributed by atoms with E-state index in [-0.39, 0.29) is 0 Å². The fraction of sp³-hybridized carbons (Fsp3) is 0.400. The highest BCUT2D eigenvalue weighted by Gasteiger charge is 2.12. The Bertz CT molecular complexity index is 349. The van der Waals surface area contributed by atoms with E-state index >= 15 is 0 Å². The SMILES string of the molecule is CC(C)(O)CNc1cccnc1C#N. The predicted molar refractivity (Wildman–Crippen MR) is 53.7 cm³/mol. The summed E-state index contributed by atoms with van der Waals surface area (Å²) >= 11 is 0. The van der Waals surface area contributed by atoms with E-state index in [2.05, 4.69) is 10.3 Å². The summed E-state index contributed by atoms with van der Waals surface area (Å²) in [4.78, 5) is 3.89. The third kappa shape index (κ3) is 3.04. The third-order valence-electron chi connectivity index (χ3n) is 1.63. The van der Waals surface area contributed by atoms with Crippen LogP contribution in [0.1, 0.15) is 19.5 Å². The average molecular weight is 191 g/mol. The normalized spacial score (nSPS) is 10.7. The van der Waals surface area contributed by atoms with Crippen LogP contribution in [0.15, 0.2) is 18.3 Å². The van der Waals surface area contributed by atoms with Crippen LogP contribution in [-0.2, 0) is 0 Å². The molecule has 0 radical (unpaired) electrons. The first-order valence-electron chi connectivity index (χ1n) is 4.34. The van der Waals surface area contributed by atoms with Crippen molar-refractivity contribution in [2.24, 2.45) is 0 Å². The Balaban J connectivity index is 2.73. The molecule has 0 aliphatic heterocycles. The lowest BCUT2D eigenvalue weighted by molar-refractivity contribution is 0.0945. The highest BCUT2D eigenvalue weighted by atomic mass is 16.3. The van der Waals surface area contributed by atoms with Gasteiger partial charge in [0.1, 0.15) is 6.07 Å². The van der Waals surface area contributed by atoms with E-state index < -0.39 is 5.60 Å². The number of rotatable bonds is 3. The third-order valence-corrected chi connectivity index (χ3v) is 1.63. The van der Waals surface area contributed by atoms with Gasteiger partial charge in [0.15, 0.2) is 5.69 Å². The second-order valence-corrected chi connectivity index (χ2v) is 3.68. The first-order valence-corrected chi connectivity index (χ1v) is 4.34. The van der Waals surface area contributed by atoms with Crippen LogP contribution in [0.2, 0.25) is 0 Å². The molecule has 1 heterocycles. The predicted octanol–water partition coefficient (Wildman–Crippen LogP) is 1.14. The van der Waals surface area contributed by atoms with E-state index in [0.717, 1.165) is 0 Å². The fourth-order valence-electron chi connectivity index (χ4n) is 0.949. The summed E-state index contributed by atoms with van der Waals surface area (Å²) in [6, 6.07) is 5.48. The van der Waals surface area contributed by atoms with Gasteiger partial charge in [-0.3, -0.25) is 0 Å². The van der Waals surface area contributed by atoms with Crippen LogP contribution < -0.4 is 5.32 Å². The maximum absolute atomic E-state index is 9.48. The Morgan fingerprint density at radius 2 is 2.36 bits per heavy atom. The van der Waals surface area contributed by atoms with Crippen molar-refractivity contribution < 1.29 is 5.11 Å². The van der Waals surface area contributed by atoms with Crippen molar-refractivity contribution in [2.75, 3.05) is 11.9 Å². The first-order chi connectivity index (χ1) is 6.53. The van der Waals surface area contributed by atoms with Crippen LogP contribution in [0.3, 0.4) is 0 Å². The van der Waals surface area contributed by atoms with Crippen molar-refractivity contribution in [3.63, 3.8) is 0 Å². The van der Waals surface area contributed by atoms with Crippen LogP contribution in [0.4, 0.5) is 5.69 Å². The van der Waals surface area contributed by atoms with Gasteiger partial charge in [0, 0.05) is 12.7 Å². The molecule has 0 amide bonds. The minimum Gasteiger partial charge on any atom is -0.389 e.